The van der Waals surface area contributed by atoms with Crippen LogP contribution in [-0.2, 0) is 11.3 Å². The number of hydrogen-bond acceptors (Lipinski definition) is 4. The molecule has 1 N–H and O–H groups in total. The van der Waals surface area contributed by atoms with Gasteiger partial charge in [-0.15, -0.1) is 0 Å². The molecule has 0 aliphatic rings. The molecule has 0 saturated carbocycles. The number of carbonyl (C=O) groups excluding carboxylic acids is 1. The van der Waals surface area contributed by atoms with Crippen molar-refractivity contribution < 1.29 is 9.53 Å². The van der Waals surface area contributed by atoms with Crippen LogP contribution in [0.4, 0.5) is 0 Å². The van der Waals surface area contributed by atoms with Gasteiger partial charge in [-0.2, -0.15) is 5.26 Å². The Balaban J connectivity index is 2.83. The third kappa shape index (κ3) is 4.56. The second-order valence-corrected chi connectivity index (χ2v) is 4.53. The molecule has 20 heavy (non-hydrogen) atoms. The Morgan fingerprint density at radius 1 is 1.50 bits per heavy atom. The number of nitrogens with one attached hydrogen (secondary N) is 1. The first-order valence-electron chi connectivity index (χ1n) is 6.64. The fraction of sp³-hybridized carbons (Fsp3) is 0.467. The average molecular weight is 275 g/mol. The van der Waals surface area contributed by atoms with Gasteiger partial charge in [0.1, 0.15) is 11.8 Å². The van der Waals surface area contributed by atoms with E-state index in [0.29, 0.717) is 24.4 Å². The summed E-state index contributed by atoms with van der Waals surface area (Å²) >= 11 is 0. The molecule has 0 fully saturated rings. The van der Waals surface area contributed by atoms with Gasteiger partial charge in [0.05, 0.1) is 19.2 Å². The molecule has 0 aliphatic carbocycles. The fourth-order valence-electron chi connectivity index (χ4n) is 2.00. The maximum absolute atomic E-state index is 11.5. The molecule has 0 spiro atoms. The highest BCUT2D eigenvalue weighted by molar-refractivity contribution is 5.77. The van der Waals surface area contributed by atoms with Crippen LogP contribution >= 0.6 is 0 Å². The van der Waals surface area contributed by atoms with E-state index in [9.17, 15) is 4.79 Å². The number of ether oxygens (including phenoxy) is 1. The molecule has 0 saturated heterocycles. The van der Waals surface area contributed by atoms with Crippen LogP contribution in [-0.4, -0.2) is 38.1 Å². The molecule has 0 unspecified atom stereocenters. The van der Waals surface area contributed by atoms with Gasteiger partial charge < -0.3 is 10.1 Å². The van der Waals surface area contributed by atoms with Gasteiger partial charge in [-0.1, -0.05) is 13.0 Å². The van der Waals surface area contributed by atoms with Crippen LogP contribution in [0.15, 0.2) is 18.2 Å². The van der Waals surface area contributed by atoms with Gasteiger partial charge in [-0.25, -0.2) is 0 Å². The number of nitrogens with zero attached hydrogens (tertiary/aromatic N) is 2. The van der Waals surface area contributed by atoms with E-state index >= 15 is 0 Å². The highest BCUT2D eigenvalue weighted by Gasteiger charge is 2.11. The minimum Gasteiger partial charge on any atom is -0.495 e. The van der Waals surface area contributed by atoms with Gasteiger partial charge in [0.2, 0.25) is 5.91 Å². The molecule has 0 heterocycles. The Morgan fingerprint density at radius 2 is 2.25 bits per heavy atom. The number of likely N-dealkylation sites (N-methyl/N-ethyl adjacent to an activating group) is 1. The minimum absolute atomic E-state index is 0.000870. The van der Waals surface area contributed by atoms with E-state index in [1.807, 2.05) is 12.1 Å². The van der Waals surface area contributed by atoms with Crippen LogP contribution in [0, 0.1) is 11.3 Å². The molecule has 108 valence electrons. The van der Waals surface area contributed by atoms with Crippen LogP contribution < -0.4 is 10.1 Å². The summed E-state index contributed by atoms with van der Waals surface area (Å²) in [5.41, 5.74) is 1.54. The summed E-state index contributed by atoms with van der Waals surface area (Å²) in [6, 6.07) is 7.59. The maximum atomic E-state index is 11.5. The molecule has 0 aromatic heterocycles. The number of methoxy groups -OCH3 is 1. The summed E-state index contributed by atoms with van der Waals surface area (Å²) in [6.07, 6.45) is 0.977. The Kier molecular flexibility index (Phi) is 6.54. The average Bonchev–Trinajstić information content (AvgIpc) is 2.47. The fourth-order valence-corrected chi connectivity index (χ4v) is 2.00. The van der Waals surface area contributed by atoms with E-state index in [1.54, 1.807) is 20.2 Å². The van der Waals surface area contributed by atoms with E-state index in [4.69, 9.17) is 10.00 Å². The van der Waals surface area contributed by atoms with Crippen LogP contribution in [0.3, 0.4) is 0 Å². The van der Waals surface area contributed by atoms with E-state index in [-0.39, 0.29) is 5.91 Å². The summed E-state index contributed by atoms with van der Waals surface area (Å²) in [5.74, 6) is 0.570. The topological polar surface area (TPSA) is 65.4 Å². The van der Waals surface area contributed by atoms with Gasteiger partial charge in [0, 0.05) is 13.6 Å². The van der Waals surface area contributed by atoms with Crippen molar-refractivity contribution in [1.82, 2.24) is 10.2 Å². The highest BCUT2D eigenvalue weighted by atomic mass is 16.5. The molecule has 5 heteroatoms. The molecule has 0 aliphatic heterocycles. The number of hydrogen-bond donors (Lipinski definition) is 1. The molecule has 0 bridgehead atoms. The summed E-state index contributed by atoms with van der Waals surface area (Å²) in [7, 11) is 3.19. The van der Waals surface area contributed by atoms with Crippen LogP contribution in [0.5, 0.6) is 5.75 Å². The minimum atomic E-state index is -0.000870. The van der Waals surface area contributed by atoms with E-state index < -0.39 is 0 Å². The third-order valence-electron chi connectivity index (χ3n) is 2.98. The zero-order chi connectivity index (χ0) is 15.0. The van der Waals surface area contributed by atoms with Gasteiger partial charge >= 0.3 is 0 Å². The summed E-state index contributed by atoms with van der Waals surface area (Å²) in [4.78, 5) is 13.6. The normalized spacial score (nSPS) is 10.2. The second-order valence-electron chi connectivity index (χ2n) is 4.53. The number of amides is 1. The van der Waals surface area contributed by atoms with Gasteiger partial charge in [0.25, 0.3) is 0 Å². The molecule has 1 aromatic rings. The molecule has 5 nitrogen and oxygen atoms in total. The second kappa shape index (κ2) is 8.18. The lowest BCUT2D eigenvalue weighted by Crippen LogP contribution is -2.35. The van der Waals surface area contributed by atoms with E-state index in [1.165, 1.54) is 0 Å². The molecule has 1 rings (SSSR count). The number of benzene rings is 1. The SMILES string of the molecule is CCCN(CC(=O)NC)Cc1ccc(C#N)c(OC)c1. The predicted molar refractivity (Wildman–Crippen MR) is 77.3 cm³/mol. The highest BCUT2D eigenvalue weighted by Crippen LogP contribution is 2.20. The van der Waals surface area contributed by atoms with Gasteiger partial charge in [-0.3, -0.25) is 9.69 Å². The summed E-state index contributed by atoms with van der Waals surface area (Å²) in [5, 5.41) is 11.6. The van der Waals surface area contributed by atoms with Crippen LogP contribution in [0.1, 0.15) is 24.5 Å². The van der Waals surface area contributed by atoms with E-state index in [2.05, 4.69) is 23.2 Å². The predicted octanol–water partition coefficient (Wildman–Crippen LogP) is 1.52. The van der Waals surface area contributed by atoms with E-state index in [0.717, 1.165) is 18.5 Å². The number of nitriles is 1. The molecule has 1 amide bonds. The van der Waals surface area contributed by atoms with Crippen molar-refractivity contribution in [3.05, 3.63) is 29.3 Å². The molecular formula is C15H21N3O2. The monoisotopic (exact) mass is 275 g/mol. The first-order valence-corrected chi connectivity index (χ1v) is 6.64. The zero-order valence-electron chi connectivity index (χ0n) is 12.3. The molecule has 0 atom stereocenters. The van der Waals surface area contributed by atoms with Crippen molar-refractivity contribution in [2.24, 2.45) is 0 Å². The van der Waals surface area contributed by atoms with Crippen molar-refractivity contribution in [1.29, 1.82) is 5.26 Å². The third-order valence-corrected chi connectivity index (χ3v) is 2.98. The first-order chi connectivity index (χ1) is 9.64. The van der Waals surface area contributed by atoms with Crippen LogP contribution in [0.2, 0.25) is 0 Å². The quantitative estimate of drug-likeness (QED) is 0.819. The summed E-state index contributed by atoms with van der Waals surface area (Å²) in [6.45, 7) is 3.95. The summed E-state index contributed by atoms with van der Waals surface area (Å²) < 4.78 is 5.20. The number of carbonyl (C=O) groups is 1. The lowest BCUT2D eigenvalue weighted by atomic mass is 10.1. The molecule has 1 aromatic carbocycles. The van der Waals surface area contributed by atoms with Crippen molar-refractivity contribution >= 4 is 5.91 Å². The Hall–Kier alpha value is -2.06. The van der Waals surface area contributed by atoms with Crippen molar-refractivity contribution in [2.45, 2.75) is 19.9 Å². The Bertz CT molecular complexity index is 494. The number of rotatable bonds is 7. The zero-order valence-corrected chi connectivity index (χ0v) is 12.3. The lowest BCUT2D eigenvalue weighted by molar-refractivity contribution is -0.121. The van der Waals surface area contributed by atoms with Crippen LogP contribution in [0.25, 0.3) is 0 Å². The van der Waals surface area contributed by atoms with Gasteiger partial charge in [0.15, 0.2) is 0 Å². The van der Waals surface area contributed by atoms with Crippen molar-refractivity contribution in [2.75, 3.05) is 27.2 Å². The van der Waals surface area contributed by atoms with Crippen molar-refractivity contribution in [3.63, 3.8) is 0 Å². The smallest absolute Gasteiger partial charge is 0.233 e. The first kappa shape index (κ1) is 16.0. The largest absolute Gasteiger partial charge is 0.495 e. The lowest BCUT2D eigenvalue weighted by Gasteiger charge is -2.21. The molecule has 0 radical (unpaired) electrons. The Labute approximate surface area is 120 Å². The standard InChI is InChI=1S/C15H21N3O2/c1-4-7-18(11-15(19)17-2)10-12-5-6-13(9-16)14(8-12)20-3/h5-6,8H,4,7,10-11H2,1-3H3,(H,17,19). The van der Waals surface area contributed by atoms with Gasteiger partial charge in [-0.05, 0) is 30.7 Å². The van der Waals surface area contributed by atoms with Crippen molar-refractivity contribution in [3.8, 4) is 11.8 Å². The maximum Gasteiger partial charge on any atom is 0.233 e. The molecular weight excluding hydrogens is 254 g/mol. The Morgan fingerprint density at radius 3 is 2.80 bits per heavy atom.